The molecule has 0 unspecified atom stereocenters. The van der Waals surface area contributed by atoms with Crippen LogP contribution >= 0.6 is 0 Å². The standard InChI is InChI=1S/C43H53N9O5/c1-29-10-8-11-30(2)50(29)41-46-45-39-19-16-33(27-49(39)41)57-37-18-17-36(34-14-6-7-15-35(34)37)44-42(54)52(56-28-53)40-25-38(43(3,4)5)47-51(40)32-13-9-12-31(24-32)26-48-20-22-55-23-21-48/h6-7,9,12-16,19,24-25,27-30,36-37H,8,10-11,17-18,20-23,26H2,1-5H3,(H,44,54)/t29-,30+,36-,37+/m0/s1. The molecule has 57 heavy (non-hydrogen) atoms. The Balaban J connectivity index is 1.04. The van der Waals surface area contributed by atoms with E-state index in [9.17, 15) is 9.59 Å². The molecule has 2 saturated heterocycles. The van der Waals surface area contributed by atoms with Gasteiger partial charge in [-0.3, -0.25) is 14.1 Å². The molecule has 4 atom stereocenters. The van der Waals surface area contributed by atoms with Crippen LogP contribution in [0.4, 0.5) is 16.6 Å². The number of nitrogens with zero attached hydrogens (tertiary/aromatic N) is 8. The second kappa shape index (κ2) is 16.2. The Hall–Kier alpha value is -5.47. The highest BCUT2D eigenvalue weighted by molar-refractivity contribution is 5.90. The molecular weight excluding hydrogens is 723 g/mol. The van der Waals surface area contributed by atoms with Crippen molar-refractivity contribution in [1.82, 2.24) is 34.6 Å². The number of nitrogens with one attached hydrogen (secondary N) is 1. The molecule has 0 bridgehead atoms. The lowest BCUT2D eigenvalue weighted by Crippen LogP contribution is -2.44. The summed E-state index contributed by atoms with van der Waals surface area (Å²) in [6, 6.07) is 21.6. The van der Waals surface area contributed by atoms with Gasteiger partial charge >= 0.3 is 12.5 Å². The fourth-order valence-corrected chi connectivity index (χ4v) is 8.44. The van der Waals surface area contributed by atoms with Crippen molar-refractivity contribution in [3.63, 3.8) is 0 Å². The summed E-state index contributed by atoms with van der Waals surface area (Å²) in [5.41, 5.74) is 4.93. The van der Waals surface area contributed by atoms with Crippen molar-refractivity contribution in [3.05, 3.63) is 95.3 Å². The Bertz CT molecular complexity index is 2200. The minimum atomic E-state index is -0.584. The molecule has 0 saturated carbocycles. The van der Waals surface area contributed by atoms with Gasteiger partial charge in [0.15, 0.2) is 11.5 Å². The topological polar surface area (TPSA) is 132 Å². The third kappa shape index (κ3) is 8.06. The predicted molar refractivity (Wildman–Crippen MR) is 217 cm³/mol. The quantitative estimate of drug-likeness (QED) is 0.116. The molecule has 1 aliphatic carbocycles. The van der Waals surface area contributed by atoms with Crippen LogP contribution in [0.3, 0.4) is 0 Å². The lowest BCUT2D eigenvalue weighted by Gasteiger charge is -2.39. The predicted octanol–water partition coefficient (Wildman–Crippen LogP) is 7.07. The average molecular weight is 776 g/mol. The molecule has 5 heterocycles. The first-order valence-electron chi connectivity index (χ1n) is 20.2. The Kier molecular flexibility index (Phi) is 10.9. The zero-order valence-electron chi connectivity index (χ0n) is 33.5. The zero-order chi connectivity index (χ0) is 39.7. The van der Waals surface area contributed by atoms with E-state index in [-0.39, 0.29) is 24.0 Å². The van der Waals surface area contributed by atoms with Gasteiger partial charge in [0.2, 0.25) is 5.95 Å². The summed E-state index contributed by atoms with van der Waals surface area (Å²) in [5.74, 6) is 1.86. The van der Waals surface area contributed by atoms with Crippen LogP contribution in [0.2, 0.25) is 0 Å². The van der Waals surface area contributed by atoms with Crippen LogP contribution < -0.4 is 20.0 Å². The first kappa shape index (κ1) is 38.4. The van der Waals surface area contributed by atoms with Crippen LogP contribution in [0.1, 0.15) is 101 Å². The lowest BCUT2D eigenvalue weighted by molar-refractivity contribution is -0.129. The summed E-state index contributed by atoms with van der Waals surface area (Å²) in [4.78, 5) is 36.5. The summed E-state index contributed by atoms with van der Waals surface area (Å²) in [6.07, 6.45) is 6.43. The van der Waals surface area contributed by atoms with Gasteiger partial charge in [-0.2, -0.15) is 5.10 Å². The molecule has 3 aliphatic rings. The van der Waals surface area contributed by atoms with Gasteiger partial charge in [-0.25, -0.2) is 9.48 Å². The Morgan fingerprint density at radius 1 is 0.947 bits per heavy atom. The molecule has 1 N–H and O–H groups in total. The molecular formula is C43H53N9O5. The number of carbonyl (C=O) groups is 2. The van der Waals surface area contributed by atoms with Crippen LogP contribution in [0.15, 0.2) is 72.9 Å². The van der Waals surface area contributed by atoms with E-state index in [2.05, 4.69) is 72.1 Å². The van der Waals surface area contributed by atoms with Crippen molar-refractivity contribution in [2.24, 2.45) is 0 Å². The lowest BCUT2D eigenvalue weighted by atomic mass is 9.85. The van der Waals surface area contributed by atoms with Crippen molar-refractivity contribution in [2.75, 3.05) is 36.3 Å². The van der Waals surface area contributed by atoms with Crippen molar-refractivity contribution >= 4 is 29.9 Å². The number of carbonyl (C=O) groups excluding carboxylic acids is 2. The number of hydrogen-bond donors (Lipinski definition) is 1. The molecule has 3 aromatic heterocycles. The number of rotatable bonds is 10. The number of benzene rings is 2. The van der Waals surface area contributed by atoms with E-state index in [0.717, 1.165) is 77.2 Å². The number of morpholine rings is 1. The second-order valence-electron chi connectivity index (χ2n) is 16.5. The second-order valence-corrected chi connectivity index (χ2v) is 16.5. The number of pyridine rings is 1. The van der Waals surface area contributed by atoms with Gasteiger partial charge in [0.1, 0.15) is 11.9 Å². The van der Waals surface area contributed by atoms with E-state index < -0.39 is 6.03 Å². The summed E-state index contributed by atoms with van der Waals surface area (Å²) >= 11 is 0. The van der Waals surface area contributed by atoms with Crippen LogP contribution in [-0.4, -0.2) is 80.2 Å². The minimum Gasteiger partial charge on any atom is -0.484 e. The monoisotopic (exact) mass is 775 g/mol. The number of piperidine rings is 1. The van der Waals surface area contributed by atoms with Crippen molar-refractivity contribution < 1.29 is 23.9 Å². The van der Waals surface area contributed by atoms with Crippen molar-refractivity contribution in [2.45, 2.75) is 103 Å². The number of ether oxygens (including phenoxy) is 2. The van der Waals surface area contributed by atoms with Crippen molar-refractivity contribution in [1.29, 1.82) is 0 Å². The zero-order valence-corrected chi connectivity index (χ0v) is 33.5. The third-order valence-corrected chi connectivity index (χ3v) is 11.5. The summed E-state index contributed by atoms with van der Waals surface area (Å²) in [7, 11) is 0. The van der Waals surface area contributed by atoms with Crippen LogP contribution in [0, 0.1) is 0 Å². The normalized spacial score (nSPS) is 21.5. The number of hydrogen-bond acceptors (Lipinski definition) is 10. The molecule has 2 amide bonds. The van der Waals surface area contributed by atoms with Gasteiger partial charge in [-0.1, -0.05) is 57.2 Å². The largest absolute Gasteiger partial charge is 0.484 e. The number of hydroxylamine groups is 1. The van der Waals surface area contributed by atoms with Gasteiger partial charge in [0.05, 0.1) is 36.8 Å². The molecule has 0 radical (unpaired) electrons. The average Bonchev–Trinajstić information content (AvgIpc) is 3.84. The fraction of sp³-hybridized carbons (Fsp3) is 0.465. The van der Waals surface area contributed by atoms with Gasteiger partial charge in [0.25, 0.3) is 0 Å². The van der Waals surface area contributed by atoms with Gasteiger partial charge < -0.3 is 24.5 Å². The maximum Gasteiger partial charge on any atom is 0.357 e. The van der Waals surface area contributed by atoms with Gasteiger partial charge in [-0.15, -0.1) is 15.3 Å². The van der Waals surface area contributed by atoms with Crippen LogP contribution in [-0.2, 0) is 26.3 Å². The van der Waals surface area contributed by atoms with E-state index in [1.54, 1.807) is 10.7 Å². The first-order chi connectivity index (χ1) is 27.6. The molecule has 2 aliphatic heterocycles. The smallest absolute Gasteiger partial charge is 0.357 e. The molecule has 8 rings (SSSR count). The van der Waals surface area contributed by atoms with Gasteiger partial charge in [0, 0.05) is 43.2 Å². The summed E-state index contributed by atoms with van der Waals surface area (Å²) < 4.78 is 16.0. The van der Waals surface area contributed by atoms with Crippen molar-refractivity contribution in [3.8, 4) is 11.4 Å². The van der Waals surface area contributed by atoms with E-state index in [1.807, 2.05) is 59.1 Å². The van der Waals surface area contributed by atoms with E-state index in [1.165, 1.54) is 6.42 Å². The summed E-state index contributed by atoms with van der Waals surface area (Å²) in [5, 5.41) is 18.2. The summed E-state index contributed by atoms with van der Waals surface area (Å²) in [6.45, 7) is 14.8. The van der Waals surface area contributed by atoms with Crippen LogP contribution in [0.5, 0.6) is 5.75 Å². The molecule has 14 heteroatoms. The highest BCUT2D eigenvalue weighted by Crippen LogP contribution is 2.40. The van der Waals surface area contributed by atoms with E-state index in [4.69, 9.17) is 19.4 Å². The first-order valence-corrected chi connectivity index (χ1v) is 20.2. The number of urea groups is 1. The van der Waals surface area contributed by atoms with E-state index in [0.29, 0.717) is 49.7 Å². The van der Waals surface area contributed by atoms with Crippen LogP contribution in [0.25, 0.3) is 11.3 Å². The highest BCUT2D eigenvalue weighted by atomic mass is 16.7. The molecule has 14 nitrogen and oxygen atoms in total. The Labute approximate surface area is 333 Å². The van der Waals surface area contributed by atoms with Gasteiger partial charge in [-0.05, 0) is 86.9 Å². The maximum absolute atomic E-state index is 14.3. The molecule has 0 spiro atoms. The third-order valence-electron chi connectivity index (χ3n) is 11.5. The molecule has 5 aromatic rings. The molecule has 2 fully saturated rings. The SMILES string of the molecule is C[C@@H]1CCC[C@H](C)N1c1nnc2ccc(O[C@@H]3CC[C@H](NC(=O)N(OC=O)c4cc(C(C)(C)C)nn4-c4cccc(CN5CCOCC5)c4)c4ccccc43)cn12. The number of amides is 2. The number of aromatic nitrogens is 5. The number of fused-ring (bicyclic) bond motifs is 2. The highest BCUT2D eigenvalue weighted by Gasteiger charge is 2.34. The Morgan fingerprint density at radius 3 is 2.47 bits per heavy atom. The Morgan fingerprint density at radius 2 is 1.72 bits per heavy atom. The fourth-order valence-electron chi connectivity index (χ4n) is 8.44. The number of anilines is 2. The maximum atomic E-state index is 14.3. The molecule has 2 aromatic carbocycles. The minimum absolute atomic E-state index is 0.248. The molecule has 300 valence electrons. The van der Waals surface area contributed by atoms with E-state index >= 15 is 0 Å².